The highest BCUT2D eigenvalue weighted by Gasteiger charge is 2.32. The molecule has 1 aromatic heterocycles. The first-order chi connectivity index (χ1) is 11.1. The Morgan fingerprint density at radius 1 is 1.48 bits per heavy atom. The average molecular weight is 310 g/mol. The minimum absolute atomic E-state index is 0.0307. The summed E-state index contributed by atoms with van der Waals surface area (Å²) in [4.78, 5) is 19.5. The Hall–Kier alpha value is -2.48. The van der Waals surface area contributed by atoms with Crippen LogP contribution in [0.15, 0.2) is 30.5 Å². The van der Waals surface area contributed by atoms with Crippen LogP contribution < -0.4 is 4.90 Å². The van der Waals surface area contributed by atoms with Gasteiger partial charge >= 0.3 is 0 Å². The largest absolute Gasteiger partial charge is 0.368 e. The van der Waals surface area contributed by atoms with Crippen LogP contribution in [0.2, 0.25) is 0 Å². The molecule has 0 bridgehead atoms. The molecule has 1 N–H and O–H groups in total. The fourth-order valence-corrected chi connectivity index (χ4v) is 3.50. The molecular weight excluding hydrogens is 288 g/mol. The summed E-state index contributed by atoms with van der Waals surface area (Å²) in [6.07, 6.45) is 2.89. The van der Waals surface area contributed by atoms with E-state index in [1.165, 1.54) is 5.39 Å². The number of aromatic amines is 1. The maximum atomic E-state index is 12.1. The Bertz CT molecular complexity index is 745. The van der Waals surface area contributed by atoms with Gasteiger partial charge in [0.05, 0.1) is 17.3 Å². The summed E-state index contributed by atoms with van der Waals surface area (Å²) in [6.45, 7) is 3.66. The number of carbonyl (C=O) groups is 1. The lowest BCUT2D eigenvalue weighted by molar-refractivity contribution is -0.131. The number of H-pyrrole nitrogens is 1. The zero-order valence-corrected chi connectivity index (χ0v) is 13.6. The summed E-state index contributed by atoms with van der Waals surface area (Å²) < 4.78 is 0. The number of carbonyl (C=O) groups excluding carboxylic acids is 1. The fraction of sp³-hybridized carbons (Fsp3) is 0.444. The van der Waals surface area contributed by atoms with Crippen LogP contribution in [0.5, 0.6) is 0 Å². The summed E-state index contributed by atoms with van der Waals surface area (Å²) in [7, 11) is 2.09. The normalized spacial score (nSPS) is 21.2. The molecule has 0 radical (unpaired) electrons. The number of para-hydroxylation sites is 1. The molecule has 0 unspecified atom stereocenters. The van der Waals surface area contributed by atoms with Crippen molar-refractivity contribution in [1.82, 2.24) is 9.88 Å². The number of nitrogens with one attached hydrogen (secondary N) is 1. The molecule has 2 heterocycles. The number of likely N-dealkylation sites (N-methyl/N-ethyl adjacent to an activating group) is 1. The first kappa shape index (κ1) is 15.4. The predicted octanol–water partition coefficient (Wildman–Crippen LogP) is 2.75. The molecule has 2 aromatic rings. The molecule has 0 saturated carbocycles. The Morgan fingerprint density at radius 3 is 3.09 bits per heavy atom. The number of hydrogen-bond acceptors (Lipinski definition) is 3. The molecule has 0 aliphatic carbocycles. The molecule has 5 nitrogen and oxygen atoms in total. The lowest BCUT2D eigenvalue weighted by Gasteiger charge is -2.42. The van der Waals surface area contributed by atoms with Gasteiger partial charge in [-0.1, -0.05) is 19.1 Å². The van der Waals surface area contributed by atoms with E-state index in [-0.39, 0.29) is 18.4 Å². The highest BCUT2D eigenvalue weighted by atomic mass is 16.2. The quantitative estimate of drug-likeness (QED) is 0.948. The summed E-state index contributed by atoms with van der Waals surface area (Å²) in [5.74, 6) is 0.437. The van der Waals surface area contributed by atoms with E-state index < -0.39 is 0 Å². The summed E-state index contributed by atoms with van der Waals surface area (Å²) in [5, 5.41) is 9.95. The second kappa shape index (κ2) is 6.33. The van der Waals surface area contributed by atoms with E-state index in [1.807, 2.05) is 17.2 Å². The van der Waals surface area contributed by atoms with Gasteiger partial charge in [0.15, 0.2) is 0 Å². The van der Waals surface area contributed by atoms with Gasteiger partial charge in [-0.15, -0.1) is 0 Å². The third-order valence-corrected chi connectivity index (χ3v) is 4.94. The number of hydrogen-bond donors (Lipinski definition) is 1. The monoisotopic (exact) mass is 310 g/mol. The number of rotatable bonds is 3. The van der Waals surface area contributed by atoms with Gasteiger partial charge in [-0.25, -0.2) is 0 Å². The highest BCUT2D eigenvalue weighted by Crippen LogP contribution is 2.30. The maximum Gasteiger partial charge on any atom is 0.236 e. The first-order valence-corrected chi connectivity index (χ1v) is 8.05. The fourth-order valence-electron chi connectivity index (χ4n) is 3.50. The molecule has 23 heavy (non-hydrogen) atoms. The number of fused-ring (bicyclic) bond motifs is 1. The van der Waals surface area contributed by atoms with Gasteiger partial charge in [0, 0.05) is 37.8 Å². The van der Waals surface area contributed by atoms with Crippen molar-refractivity contribution in [3.63, 3.8) is 0 Å². The molecular formula is C18H22N4O. The molecule has 1 aliphatic heterocycles. The first-order valence-electron chi connectivity index (χ1n) is 8.05. The minimum atomic E-state index is -0.0594. The zero-order chi connectivity index (χ0) is 16.4. The van der Waals surface area contributed by atoms with Crippen molar-refractivity contribution < 1.29 is 4.79 Å². The van der Waals surface area contributed by atoms with Crippen molar-refractivity contribution in [1.29, 1.82) is 5.26 Å². The Kier molecular flexibility index (Phi) is 4.24. The van der Waals surface area contributed by atoms with Crippen LogP contribution in [0.4, 0.5) is 5.69 Å². The third kappa shape index (κ3) is 2.89. The van der Waals surface area contributed by atoms with Crippen LogP contribution in [0.1, 0.15) is 19.8 Å². The van der Waals surface area contributed by atoms with Crippen LogP contribution in [-0.2, 0) is 4.79 Å². The van der Waals surface area contributed by atoms with Crippen LogP contribution in [0, 0.1) is 17.2 Å². The second-order valence-electron chi connectivity index (χ2n) is 6.34. The van der Waals surface area contributed by atoms with E-state index in [4.69, 9.17) is 5.26 Å². The summed E-state index contributed by atoms with van der Waals surface area (Å²) in [6, 6.07) is 10.6. The molecule has 1 aliphatic rings. The molecule has 1 aromatic carbocycles. The van der Waals surface area contributed by atoms with Gasteiger partial charge in [0.1, 0.15) is 6.42 Å². The van der Waals surface area contributed by atoms with Crippen molar-refractivity contribution in [3.05, 3.63) is 30.5 Å². The summed E-state index contributed by atoms with van der Waals surface area (Å²) in [5.41, 5.74) is 2.28. The van der Waals surface area contributed by atoms with Crippen molar-refractivity contribution in [2.75, 3.05) is 25.0 Å². The molecule has 5 heteroatoms. The Morgan fingerprint density at radius 2 is 2.30 bits per heavy atom. The summed E-state index contributed by atoms with van der Waals surface area (Å²) >= 11 is 0. The number of benzene rings is 1. The van der Waals surface area contributed by atoms with Crippen molar-refractivity contribution in [3.8, 4) is 6.07 Å². The van der Waals surface area contributed by atoms with E-state index in [1.54, 1.807) is 0 Å². The molecule has 1 saturated heterocycles. The van der Waals surface area contributed by atoms with Gasteiger partial charge in [-0.3, -0.25) is 4.79 Å². The molecule has 3 rings (SSSR count). The van der Waals surface area contributed by atoms with Crippen molar-refractivity contribution in [2.24, 2.45) is 5.92 Å². The molecule has 1 amide bonds. The van der Waals surface area contributed by atoms with Gasteiger partial charge < -0.3 is 14.8 Å². The molecule has 1 fully saturated rings. The molecule has 2 atom stereocenters. The third-order valence-electron chi connectivity index (χ3n) is 4.94. The van der Waals surface area contributed by atoms with Crippen molar-refractivity contribution >= 4 is 22.5 Å². The Labute approximate surface area is 136 Å². The van der Waals surface area contributed by atoms with Crippen LogP contribution in [0.25, 0.3) is 10.9 Å². The van der Waals surface area contributed by atoms with Gasteiger partial charge in [-0.05, 0) is 24.5 Å². The van der Waals surface area contributed by atoms with Gasteiger partial charge in [0.25, 0.3) is 0 Å². The van der Waals surface area contributed by atoms with Crippen LogP contribution in [0.3, 0.4) is 0 Å². The number of piperidine rings is 1. The highest BCUT2D eigenvalue weighted by molar-refractivity contribution is 5.91. The number of anilines is 1. The SMILES string of the molecule is C[C@@H]1CCN(C(=O)CC#N)C[C@@H]1N(C)c1cccc2cc[nH]c12. The topological polar surface area (TPSA) is 63.1 Å². The van der Waals surface area contributed by atoms with Crippen molar-refractivity contribution in [2.45, 2.75) is 25.8 Å². The van der Waals surface area contributed by atoms with E-state index in [0.29, 0.717) is 12.5 Å². The van der Waals surface area contributed by atoms with Gasteiger partial charge in [0.2, 0.25) is 5.91 Å². The zero-order valence-electron chi connectivity index (χ0n) is 13.6. The van der Waals surface area contributed by atoms with E-state index >= 15 is 0 Å². The Balaban J connectivity index is 1.85. The molecule has 120 valence electrons. The van der Waals surface area contributed by atoms with Gasteiger partial charge in [-0.2, -0.15) is 5.26 Å². The maximum absolute atomic E-state index is 12.1. The van der Waals surface area contributed by atoms with E-state index in [2.05, 4.69) is 48.1 Å². The second-order valence-corrected chi connectivity index (χ2v) is 6.34. The lowest BCUT2D eigenvalue weighted by Crippen LogP contribution is -2.52. The van der Waals surface area contributed by atoms with Crippen LogP contribution in [-0.4, -0.2) is 42.0 Å². The smallest absolute Gasteiger partial charge is 0.236 e. The number of nitriles is 1. The van der Waals surface area contributed by atoms with Crippen LogP contribution >= 0.6 is 0 Å². The standard InChI is InChI=1S/C18H22N4O/c1-13-8-11-22(17(23)6-9-19)12-16(13)21(2)15-5-3-4-14-7-10-20-18(14)15/h3-5,7,10,13,16,20H,6,8,11-12H2,1-2H3/t13-,16+/m1/s1. The molecule has 0 spiro atoms. The number of aromatic nitrogens is 1. The predicted molar refractivity (Wildman–Crippen MR) is 91.1 cm³/mol. The van der Waals surface area contributed by atoms with E-state index in [0.717, 1.165) is 24.2 Å². The number of likely N-dealkylation sites (tertiary alicyclic amines) is 1. The van der Waals surface area contributed by atoms with E-state index in [9.17, 15) is 4.79 Å². The number of nitrogens with zero attached hydrogens (tertiary/aromatic N) is 3. The number of amides is 1. The lowest BCUT2D eigenvalue weighted by atomic mass is 9.91. The minimum Gasteiger partial charge on any atom is -0.368 e. The average Bonchev–Trinajstić information content (AvgIpc) is 3.03.